The van der Waals surface area contributed by atoms with Crippen molar-refractivity contribution in [2.45, 2.75) is 39.0 Å². The van der Waals surface area contributed by atoms with Gasteiger partial charge in [0.15, 0.2) is 0 Å². The molecule has 96 valence electrons. The Labute approximate surface area is 104 Å². The zero-order valence-electron chi connectivity index (χ0n) is 11.2. The Morgan fingerprint density at radius 1 is 1.24 bits per heavy atom. The van der Waals surface area contributed by atoms with Gasteiger partial charge in [0, 0.05) is 12.6 Å². The number of aliphatic hydroxyl groups is 1. The number of benzene rings is 1. The van der Waals surface area contributed by atoms with Gasteiger partial charge in [-0.15, -0.1) is 0 Å². The molecule has 0 fully saturated rings. The summed E-state index contributed by atoms with van der Waals surface area (Å²) >= 11 is 0. The highest BCUT2D eigenvalue weighted by Gasteiger charge is 2.11. The molecule has 0 radical (unpaired) electrons. The lowest BCUT2D eigenvalue weighted by molar-refractivity contribution is 0.131. The summed E-state index contributed by atoms with van der Waals surface area (Å²) in [5.41, 5.74) is 1.26. The topological polar surface area (TPSA) is 32.7 Å². The quantitative estimate of drug-likeness (QED) is 0.824. The number of ether oxygens (including phenoxy) is 1. The fraction of sp³-hybridized carbons (Fsp3) is 0.571. The van der Waals surface area contributed by atoms with E-state index in [1.165, 1.54) is 5.56 Å². The van der Waals surface area contributed by atoms with Gasteiger partial charge >= 0.3 is 0 Å². The molecule has 0 saturated carbocycles. The molecule has 0 heterocycles. The smallest absolute Gasteiger partial charge is 0.118 e. The average Bonchev–Trinajstić information content (AvgIpc) is 2.29. The fourth-order valence-corrected chi connectivity index (χ4v) is 1.85. The lowest BCUT2D eigenvalue weighted by atomic mass is 10.1. The summed E-state index contributed by atoms with van der Waals surface area (Å²) in [5, 5.41) is 9.36. The molecule has 2 atom stereocenters. The van der Waals surface area contributed by atoms with Gasteiger partial charge < -0.3 is 9.84 Å². The van der Waals surface area contributed by atoms with Crippen molar-refractivity contribution in [1.82, 2.24) is 4.90 Å². The molecule has 3 nitrogen and oxygen atoms in total. The molecule has 0 aliphatic carbocycles. The highest BCUT2D eigenvalue weighted by atomic mass is 16.5. The summed E-state index contributed by atoms with van der Waals surface area (Å²) in [5.74, 6) is 0.883. The van der Waals surface area contributed by atoms with Crippen molar-refractivity contribution < 1.29 is 9.84 Å². The summed E-state index contributed by atoms with van der Waals surface area (Å²) in [6, 6.07) is 8.47. The van der Waals surface area contributed by atoms with E-state index in [2.05, 4.69) is 31.0 Å². The van der Waals surface area contributed by atoms with E-state index in [0.29, 0.717) is 6.04 Å². The van der Waals surface area contributed by atoms with Crippen LogP contribution in [0, 0.1) is 0 Å². The van der Waals surface area contributed by atoms with Gasteiger partial charge in [0.25, 0.3) is 0 Å². The molecule has 1 rings (SSSR count). The molecule has 2 unspecified atom stereocenters. The van der Waals surface area contributed by atoms with E-state index >= 15 is 0 Å². The first-order valence-electron chi connectivity index (χ1n) is 6.04. The van der Waals surface area contributed by atoms with E-state index in [-0.39, 0.29) is 6.10 Å². The van der Waals surface area contributed by atoms with Crippen LogP contribution in [0.15, 0.2) is 24.3 Å². The zero-order chi connectivity index (χ0) is 12.8. The van der Waals surface area contributed by atoms with Crippen molar-refractivity contribution in [3.63, 3.8) is 0 Å². The van der Waals surface area contributed by atoms with Gasteiger partial charge in [0.1, 0.15) is 5.75 Å². The van der Waals surface area contributed by atoms with E-state index < -0.39 is 0 Å². The van der Waals surface area contributed by atoms with Crippen molar-refractivity contribution in [2.24, 2.45) is 0 Å². The van der Waals surface area contributed by atoms with Gasteiger partial charge in [-0.05, 0) is 45.0 Å². The summed E-state index contributed by atoms with van der Waals surface area (Å²) in [7, 11) is 3.75. The van der Waals surface area contributed by atoms with Crippen LogP contribution in [0.1, 0.15) is 25.8 Å². The monoisotopic (exact) mass is 237 g/mol. The molecular formula is C14H23NO2. The van der Waals surface area contributed by atoms with Crippen molar-refractivity contribution in [3.05, 3.63) is 29.8 Å². The summed E-state index contributed by atoms with van der Waals surface area (Å²) in [6.45, 7) is 4.85. The lowest BCUT2D eigenvalue weighted by Crippen LogP contribution is -2.31. The van der Waals surface area contributed by atoms with Gasteiger partial charge in [-0.3, -0.25) is 4.90 Å². The molecule has 17 heavy (non-hydrogen) atoms. The van der Waals surface area contributed by atoms with Crippen LogP contribution in [0.2, 0.25) is 0 Å². The minimum atomic E-state index is -0.247. The van der Waals surface area contributed by atoms with E-state index in [1.807, 2.05) is 19.1 Å². The van der Waals surface area contributed by atoms with Crippen LogP contribution in [0.25, 0.3) is 0 Å². The Bertz CT molecular complexity index is 321. The number of nitrogens with zero attached hydrogens (tertiary/aromatic N) is 1. The molecule has 1 N–H and O–H groups in total. The van der Waals surface area contributed by atoms with Gasteiger partial charge in [-0.25, -0.2) is 0 Å². The Morgan fingerprint density at radius 3 is 2.29 bits per heavy atom. The number of hydrogen-bond acceptors (Lipinski definition) is 3. The molecule has 0 aliphatic heterocycles. The molecule has 0 bridgehead atoms. The summed E-state index contributed by atoms with van der Waals surface area (Å²) < 4.78 is 5.13. The Hall–Kier alpha value is -1.06. The third kappa shape index (κ3) is 4.75. The first-order chi connectivity index (χ1) is 8.02. The van der Waals surface area contributed by atoms with Gasteiger partial charge in [0.05, 0.1) is 13.2 Å². The van der Waals surface area contributed by atoms with E-state index in [4.69, 9.17) is 4.74 Å². The number of rotatable bonds is 6. The van der Waals surface area contributed by atoms with E-state index in [1.54, 1.807) is 7.11 Å². The molecule has 0 amide bonds. The average molecular weight is 237 g/mol. The molecule has 0 aromatic heterocycles. The standard InChI is InChI=1S/C14H23NO2/c1-11(9-12(2)16)15(3)10-13-5-7-14(17-4)8-6-13/h5-8,11-12,16H,9-10H2,1-4H3. The van der Waals surface area contributed by atoms with E-state index in [0.717, 1.165) is 18.7 Å². The van der Waals surface area contributed by atoms with Crippen LogP contribution in [-0.2, 0) is 6.54 Å². The number of hydrogen-bond donors (Lipinski definition) is 1. The summed E-state index contributed by atoms with van der Waals surface area (Å²) in [4.78, 5) is 2.24. The maximum Gasteiger partial charge on any atom is 0.118 e. The highest BCUT2D eigenvalue weighted by molar-refractivity contribution is 5.27. The Balaban J connectivity index is 2.51. The third-order valence-electron chi connectivity index (χ3n) is 3.03. The Kier molecular flexibility index (Phi) is 5.45. The molecule has 1 aromatic rings. The third-order valence-corrected chi connectivity index (χ3v) is 3.03. The maximum atomic E-state index is 9.36. The first kappa shape index (κ1) is 14.0. The van der Waals surface area contributed by atoms with Crippen LogP contribution >= 0.6 is 0 Å². The minimum Gasteiger partial charge on any atom is -0.497 e. The lowest BCUT2D eigenvalue weighted by Gasteiger charge is -2.25. The molecule has 3 heteroatoms. The highest BCUT2D eigenvalue weighted by Crippen LogP contribution is 2.14. The fourth-order valence-electron chi connectivity index (χ4n) is 1.85. The molecule has 0 spiro atoms. The predicted molar refractivity (Wildman–Crippen MR) is 70.2 cm³/mol. The Morgan fingerprint density at radius 2 is 1.82 bits per heavy atom. The second kappa shape index (κ2) is 6.62. The van der Waals surface area contributed by atoms with E-state index in [9.17, 15) is 5.11 Å². The maximum absolute atomic E-state index is 9.36. The van der Waals surface area contributed by atoms with Crippen LogP contribution in [0.3, 0.4) is 0 Å². The first-order valence-corrected chi connectivity index (χ1v) is 6.04. The van der Waals surface area contributed by atoms with Crippen LogP contribution < -0.4 is 4.74 Å². The predicted octanol–water partition coefficient (Wildman–Crippen LogP) is 2.29. The summed E-state index contributed by atoms with van der Waals surface area (Å²) in [6.07, 6.45) is 0.551. The molecule has 0 aliphatic rings. The largest absolute Gasteiger partial charge is 0.497 e. The van der Waals surface area contributed by atoms with Gasteiger partial charge in [0.2, 0.25) is 0 Å². The van der Waals surface area contributed by atoms with Crippen molar-refractivity contribution in [3.8, 4) is 5.75 Å². The second-order valence-corrected chi connectivity index (χ2v) is 4.70. The SMILES string of the molecule is COc1ccc(CN(C)C(C)CC(C)O)cc1. The normalized spacial score (nSPS) is 14.7. The van der Waals surface area contributed by atoms with Crippen LogP contribution in [-0.4, -0.2) is 36.3 Å². The van der Waals surface area contributed by atoms with Crippen molar-refractivity contribution >= 4 is 0 Å². The molecule has 1 aromatic carbocycles. The minimum absolute atomic E-state index is 0.247. The van der Waals surface area contributed by atoms with Crippen LogP contribution in [0.5, 0.6) is 5.75 Å². The number of methoxy groups -OCH3 is 1. The van der Waals surface area contributed by atoms with Gasteiger partial charge in [-0.2, -0.15) is 0 Å². The molecule has 0 saturated heterocycles. The number of aliphatic hydroxyl groups excluding tert-OH is 1. The second-order valence-electron chi connectivity index (χ2n) is 4.70. The van der Waals surface area contributed by atoms with Gasteiger partial charge in [-0.1, -0.05) is 12.1 Å². The zero-order valence-corrected chi connectivity index (χ0v) is 11.2. The van der Waals surface area contributed by atoms with Crippen LogP contribution in [0.4, 0.5) is 0 Å². The van der Waals surface area contributed by atoms with Crippen molar-refractivity contribution in [1.29, 1.82) is 0 Å². The van der Waals surface area contributed by atoms with Crippen molar-refractivity contribution in [2.75, 3.05) is 14.2 Å². The molecular weight excluding hydrogens is 214 g/mol.